The molecule has 10 nitrogen and oxygen atoms in total. The molecule has 1 aliphatic carbocycles. The summed E-state index contributed by atoms with van der Waals surface area (Å²) in [4.78, 5) is 42.6. The van der Waals surface area contributed by atoms with Crippen LogP contribution in [0.15, 0.2) is 65.5 Å². The zero-order valence-corrected chi connectivity index (χ0v) is 25.6. The van der Waals surface area contributed by atoms with Crippen molar-refractivity contribution in [3.05, 3.63) is 71.1 Å². The number of nitrogens with one attached hydrogen (secondary N) is 1. The van der Waals surface area contributed by atoms with Gasteiger partial charge in [0.25, 0.3) is 0 Å². The molecule has 0 unspecified atom stereocenters. The molecule has 1 saturated carbocycles. The molecule has 2 aromatic carbocycles. The molecule has 2 aliphatic rings. The molecule has 2 fully saturated rings. The Kier molecular flexibility index (Phi) is 6.39. The maximum absolute atomic E-state index is 14.2. The third-order valence-corrected chi connectivity index (χ3v) is 9.28. The number of amides is 2. The number of aromatic nitrogens is 4. The Labute approximate surface area is 256 Å². The number of nitrogen functional groups attached to an aromatic ring is 1. The van der Waals surface area contributed by atoms with E-state index >= 15 is 0 Å². The van der Waals surface area contributed by atoms with Gasteiger partial charge in [0, 0.05) is 11.4 Å². The molecule has 0 spiro atoms. The number of rotatable bonds is 6. The lowest BCUT2D eigenvalue weighted by Gasteiger charge is -2.27. The number of likely N-dealkylation sites (tertiary alicyclic amines) is 1. The molecular formula is C32H30BrN7O3. The summed E-state index contributed by atoms with van der Waals surface area (Å²) < 4.78 is 7.98. The number of carbonyl (C=O) groups is 2. The number of ether oxygens (including phenoxy) is 1. The van der Waals surface area contributed by atoms with E-state index in [9.17, 15) is 9.59 Å². The number of hydrogen-bond donors (Lipinski definition) is 2. The van der Waals surface area contributed by atoms with Gasteiger partial charge >= 0.3 is 0 Å². The minimum atomic E-state index is -0.592. The number of pyridine rings is 1. The van der Waals surface area contributed by atoms with Crippen molar-refractivity contribution in [2.75, 3.05) is 18.2 Å². The molecule has 3 atom stereocenters. The predicted molar refractivity (Wildman–Crippen MR) is 169 cm³/mol. The smallest absolute Gasteiger partial charge is 0.248 e. The molecule has 0 bridgehead atoms. The fraction of sp³-hybridized carbons (Fsp3) is 0.281. The van der Waals surface area contributed by atoms with Gasteiger partial charge in [0.15, 0.2) is 0 Å². The maximum Gasteiger partial charge on any atom is 0.248 e. The minimum Gasteiger partial charge on any atom is -0.497 e. The summed E-state index contributed by atoms with van der Waals surface area (Å²) in [6.45, 7) is 4.17. The third kappa shape index (κ3) is 4.58. The summed E-state index contributed by atoms with van der Waals surface area (Å²) in [7, 11) is 1.65. The number of anilines is 2. The van der Waals surface area contributed by atoms with Crippen LogP contribution in [0.2, 0.25) is 0 Å². The molecule has 7 rings (SSSR count). The van der Waals surface area contributed by atoms with Crippen molar-refractivity contribution < 1.29 is 14.3 Å². The van der Waals surface area contributed by atoms with Gasteiger partial charge in [-0.2, -0.15) is 0 Å². The first kappa shape index (κ1) is 27.3. The monoisotopic (exact) mass is 639 g/mol. The highest BCUT2D eigenvalue weighted by atomic mass is 79.9. The number of fused-ring (bicyclic) bond motifs is 4. The Bertz CT molecular complexity index is 1960. The highest BCUT2D eigenvalue weighted by Crippen LogP contribution is 2.59. The number of halogens is 1. The van der Waals surface area contributed by atoms with Crippen molar-refractivity contribution in [1.29, 1.82) is 0 Å². The molecule has 3 N–H and O–H groups in total. The van der Waals surface area contributed by atoms with E-state index in [2.05, 4.69) is 55.3 Å². The van der Waals surface area contributed by atoms with Crippen LogP contribution in [-0.4, -0.2) is 55.4 Å². The average molecular weight is 641 g/mol. The van der Waals surface area contributed by atoms with E-state index in [1.807, 2.05) is 35.8 Å². The van der Waals surface area contributed by atoms with E-state index in [1.165, 1.54) is 6.33 Å². The molecule has 5 aromatic rings. The van der Waals surface area contributed by atoms with Crippen LogP contribution in [0.5, 0.6) is 5.75 Å². The van der Waals surface area contributed by atoms with E-state index in [1.54, 1.807) is 30.2 Å². The number of nitrogens with two attached hydrogens (primary N) is 1. The zero-order valence-electron chi connectivity index (χ0n) is 24.0. The summed E-state index contributed by atoms with van der Waals surface area (Å²) in [6, 6.07) is 16.8. The minimum absolute atomic E-state index is 0.0137. The predicted octanol–water partition coefficient (Wildman–Crippen LogP) is 5.33. The molecule has 11 heteroatoms. The Morgan fingerprint density at radius 1 is 1.12 bits per heavy atom. The standard InChI is InChI=1S/C32H30BrN7O3/c1-17-10-19(18-6-4-7-20(11-18)43-3)12-21-27-29(34)35-16-36-30(27)39(28(17)21)15-26(41)40-22(13-32(2)14-23(32)40)31(42)38-25-9-5-8-24(33)37-25/h4-12,16,22-23H,13-15H2,1-3H3,(H2,34,35,36)(H,37,38,42)/t22-,23+,32-/m0/s1. The second kappa shape index (κ2) is 10.0. The zero-order chi connectivity index (χ0) is 30.0. The SMILES string of the molecule is COc1cccc(-c2cc(C)c3c(c2)c2c(N)ncnc2n3CC(=O)N2[C@H](C(=O)Nc3cccc(Br)n3)C[C@@]3(C)C[C@@H]23)c1. The van der Waals surface area contributed by atoms with Crippen LogP contribution in [0, 0.1) is 12.3 Å². The van der Waals surface area contributed by atoms with Crippen LogP contribution in [0.1, 0.15) is 25.3 Å². The second-order valence-electron chi connectivity index (χ2n) is 11.7. The Morgan fingerprint density at radius 2 is 1.93 bits per heavy atom. The Hall–Kier alpha value is -4.51. The molecule has 4 heterocycles. The lowest BCUT2D eigenvalue weighted by molar-refractivity contribution is -0.138. The topological polar surface area (TPSA) is 128 Å². The first-order valence-electron chi connectivity index (χ1n) is 14.1. The lowest BCUT2D eigenvalue weighted by Crippen LogP contribution is -2.46. The summed E-state index contributed by atoms with van der Waals surface area (Å²) in [5.41, 5.74) is 10.7. The van der Waals surface area contributed by atoms with E-state index in [0.29, 0.717) is 33.7 Å². The van der Waals surface area contributed by atoms with Crippen LogP contribution in [0.25, 0.3) is 33.1 Å². The van der Waals surface area contributed by atoms with Crippen LogP contribution >= 0.6 is 15.9 Å². The number of benzene rings is 2. The van der Waals surface area contributed by atoms with E-state index in [0.717, 1.165) is 39.8 Å². The Morgan fingerprint density at radius 3 is 2.72 bits per heavy atom. The molecule has 1 saturated heterocycles. The van der Waals surface area contributed by atoms with Gasteiger partial charge in [-0.1, -0.05) is 25.1 Å². The highest BCUT2D eigenvalue weighted by Gasteiger charge is 2.64. The quantitative estimate of drug-likeness (QED) is 0.240. The molecular weight excluding hydrogens is 610 g/mol. The summed E-state index contributed by atoms with van der Waals surface area (Å²) in [5, 5.41) is 4.47. The fourth-order valence-corrected chi connectivity index (χ4v) is 7.02. The van der Waals surface area contributed by atoms with E-state index in [4.69, 9.17) is 10.5 Å². The van der Waals surface area contributed by atoms with E-state index in [-0.39, 0.29) is 29.8 Å². The van der Waals surface area contributed by atoms with Gasteiger partial charge in [-0.3, -0.25) is 9.59 Å². The van der Waals surface area contributed by atoms with E-state index < -0.39 is 6.04 Å². The molecule has 3 aromatic heterocycles. The number of piperidine rings is 1. The first-order valence-corrected chi connectivity index (χ1v) is 14.9. The van der Waals surface area contributed by atoms with Gasteiger partial charge in [-0.25, -0.2) is 15.0 Å². The van der Waals surface area contributed by atoms with Crippen LogP contribution in [0.3, 0.4) is 0 Å². The number of carbonyl (C=O) groups excluding carboxylic acids is 2. The van der Waals surface area contributed by atoms with Gasteiger partial charge < -0.3 is 25.3 Å². The third-order valence-electron chi connectivity index (χ3n) is 8.84. The number of methoxy groups -OCH3 is 1. The lowest BCUT2D eigenvalue weighted by atomic mass is 10.00. The molecule has 0 radical (unpaired) electrons. The molecule has 218 valence electrons. The summed E-state index contributed by atoms with van der Waals surface area (Å²) >= 11 is 3.35. The van der Waals surface area contributed by atoms with Gasteiger partial charge in [0.2, 0.25) is 11.8 Å². The van der Waals surface area contributed by atoms with Crippen molar-refractivity contribution in [3.8, 4) is 16.9 Å². The van der Waals surface area contributed by atoms with Crippen LogP contribution in [0.4, 0.5) is 11.6 Å². The normalized spacial score (nSPS) is 20.8. The second-order valence-corrected chi connectivity index (χ2v) is 12.5. The van der Waals surface area contributed by atoms with Crippen molar-refractivity contribution in [3.63, 3.8) is 0 Å². The largest absolute Gasteiger partial charge is 0.497 e. The average Bonchev–Trinajstić information content (AvgIpc) is 3.38. The highest BCUT2D eigenvalue weighted by molar-refractivity contribution is 9.10. The van der Waals surface area contributed by atoms with Crippen molar-refractivity contribution in [2.24, 2.45) is 5.41 Å². The molecule has 1 aliphatic heterocycles. The molecule has 2 amide bonds. The summed E-state index contributed by atoms with van der Waals surface area (Å²) in [5.74, 6) is 1.17. The van der Waals surface area contributed by atoms with Crippen molar-refractivity contribution >= 4 is 61.3 Å². The van der Waals surface area contributed by atoms with Gasteiger partial charge in [0.05, 0.1) is 18.0 Å². The summed E-state index contributed by atoms with van der Waals surface area (Å²) in [6.07, 6.45) is 2.90. The number of hydrogen-bond acceptors (Lipinski definition) is 7. The van der Waals surface area contributed by atoms with Gasteiger partial charge in [-0.05, 0) is 94.2 Å². The van der Waals surface area contributed by atoms with Crippen molar-refractivity contribution in [2.45, 2.75) is 45.3 Å². The first-order chi connectivity index (χ1) is 20.7. The Balaban J connectivity index is 1.27. The molecule has 43 heavy (non-hydrogen) atoms. The number of nitrogens with zero attached hydrogens (tertiary/aromatic N) is 5. The maximum atomic E-state index is 14.2. The van der Waals surface area contributed by atoms with Crippen LogP contribution < -0.4 is 15.8 Å². The van der Waals surface area contributed by atoms with Gasteiger partial charge in [0.1, 0.15) is 46.5 Å². The van der Waals surface area contributed by atoms with Crippen molar-refractivity contribution in [1.82, 2.24) is 24.4 Å². The fourth-order valence-electron chi connectivity index (χ4n) is 6.67. The number of aryl methyl sites for hydroxylation is 1. The van der Waals surface area contributed by atoms with Gasteiger partial charge in [-0.15, -0.1) is 0 Å². The van der Waals surface area contributed by atoms with Crippen LogP contribution in [-0.2, 0) is 16.1 Å².